The fourth-order valence-electron chi connectivity index (χ4n) is 2.65. The Hall–Kier alpha value is -1.22. The topological polar surface area (TPSA) is 30.0 Å². The molecule has 1 aromatic heterocycles. The summed E-state index contributed by atoms with van der Waals surface area (Å²) in [6.45, 7) is 0. The molecule has 0 unspecified atom stereocenters. The van der Waals surface area contributed by atoms with Crippen LogP contribution in [-0.2, 0) is 4.79 Å². The summed E-state index contributed by atoms with van der Waals surface area (Å²) in [4.78, 5) is 15.9. The third-order valence-corrected chi connectivity index (χ3v) is 4.32. The minimum absolute atomic E-state index is 0.399. The smallest absolute Gasteiger partial charge is 0.132 e. The number of halogens is 1. The molecule has 1 heterocycles. The number of aromatic nitrogens is 1. The lowest BCUT2D eigenvalue weighted by Gasteiger charge is -2.22. The van der Waals surface area contributed by atoms with E-state index in [1.165, 1.54) is 10.9 Å². The van der Waals surface area contributed by atoms with Gasteiger partial charge in [-0.15, -0.1) is 0 Å². The Morgan fingerprint density at radius 1 is 1.17 bits per heavy atom. The van der Waals surface area contributed by atoms with Crippen molar-refractivity contribution in [3.05, 3.63) is 40.5 Å². The highest BCUT2D eigenvalue weighted by molar-refractivity contribution is 9.10. The van der Waals surface area contributed by atoms with Gasteiger partial charge in [0.05, 0.1) is 5.52 Å². The first kappa shape index (κ1) is 11.8. The zero-order chi connectivity index (χ0) is 12.5. The molecular formula is C15H14BrNO. The highest BCUT2D eigenvalue weighted by Gasteiger charge is 2.22. The number of benzene rings is 1. The average molecular weight is 304 g/mol. The van der Waals surface area contributed by atoms with E-state index in [-0.39, 0.29) is 0 Å². The summed E-state index contributed by atoms with van der Waals surface area (Å²) < 4.78 is 0.931. The molecule has 2 aromatic rings. The number of hydrogen-bond donors (Lipinski definition) is 0. The molecule has 2 nitrogen and oxygen atoms in total. The normalized spacial score (nSPS) is 17.3. The summed E-state index contributed by atoms with van der Waals surface area (Å²) >= 11 is 3.57. The second-order valence-corrected chi connectivity index (χ2v) is 5.63. The van der Waals surface area contributed by atoms with Crippen molar-refractivity contribution < 1.29 is 4.79 Å². The van der Waals surface area contributed by atoms with Gasteiger partial charge in [-0.05, 0) is 52.4 Å². The second kappa shape index (κ2) is 4.81. The van der Waals surface area contributed by atoms with Crippen LogP contribution < -0.4 is 0 Å². The van der Waals surface area contributed by atoms with Crippen molar-refractivity contribution in [2.75, 3.05) is 0 Å². The first-order valence-electron chi connectivity index (χ1n) is 6.31. The molecule has 92 valence electrons. The summed E-state index contributed by atoms with van der Waals surface area (Å²) in [5, 5.41) is 1.17. The summed E-state index contributed by atoms with van der Waals surface area (Å²) in [7, 11) is 0. The number of Topliss-reactive ketones (excluding diaryl/α,β-unsaturated/α-hetero) is 1. The van der Waals surface area contributed by atoms with E-state index in [4.69, 9.17) is 0 Å². The standard InChI is InChI=1S/C15H14BrNO/c16-15-13(10-5-7-12(18)8-6-10)9-11-3-1-2-4-14(11)17-15/h1-4,9-10H,5-8H2. The molecule has 0 aliphatic heterocycles. The number of ketones is 1. The Morgan fingerprint density at radius 3 is 2.67 bits per heavy atom. The molecule has 0 N–H and O–H groups in total. The van der Waals surface area contributed by atoms with Gasteiger partial charge in [0.15, 0.2) is 0 Å². The lowest BCUT2D eigenvalue weighted by atomic mass is 9.84. The minimum Gasteiger partial charge on any atom is -0.300 e. The third-order valence-electron chi connectivity index (χ3n) is 3.69. The molecule has 18 heavy (non-hydrogen) atoms. The lowest BCUT2D eigenvalue weighted by Crippen LogP contribution is -2.13. The maximum atomic E-state index is 11.3. The van der Waals surface area contributed by atoms with Gasteiger partial charge >= 0.3 is 0 Å². The van der Waals surface area contributed by atoms with E-state index < -0.39 is 0 Å². The summed E-state index contributed by atoms with van der Waals surface area (Å²) in [5.74, 6) is 0.866. The van der Waals surface area contributed by atoms with Crippen molar-refractivity contribution in [2.24, 2.45) is 0 Å². The predicted octanol–water partition coefficient (Wildman–Crippen LogP) is 4.22. The van der Waals surface area contributed by atoms with E-state index in [9.17, 15) is 4.79 Å². The van der Waals surface area contributed by atoms with Crippen molar-refractivity contribution in [3.63, 3.8) is 0 Å². The number of hydrogen-bond acceptors (Lipinski definition) is 2. The van der Waals surface area contributed by atoms with Crippen molar-refractivity contribution in [3.8, 4) is 0 Å². The summed E-state index contributed by atoms with van der Waals surface area (Å²) in [6, 6.07) is 10.4. The van der Waals surface area contributed by atoms with Crippen LogP contribution in [0.15, 0.2) is 34.9 Å². The van der Waals surface area contributed by atoms with Gasteiger partial charge < -0.3 is 0 Å². The molecule has 0 radical (unpaired) electrons. The third kappa shape index (κ3) is 2.19. The fourth-order valence-corrected chi connectivity index (χ4v) is 3.28. The van der Waals surface area contributed by atoms with Gasteiger partial charge in [0.1, 0.15) is 10.4 Å². The van der Waals surface area contributed by atoms with Crippen LogP contribution in [0.4, 0.5) is 0 Å². The number of para-hydroxylation sites is 1. The molecule has 0 bridgehead atoms. The van der Waals surface area contributed by atoms with Gasteiger partial charge in [-0.1, -0.05) is 18.2 Å². The van der Waals surface area contributed by atoms with Crippen LogP contribution in [0.25, 0.3) is 10.9 Å². The Balaban J connectivity index is 2.01. The molecule has 0 atom stereocenters. The van der Waals surface area contributed by atoms with Crippen LogP contribution in [0.3, 0.4) is 0 Å². The van der Waals surface area contributed by atoms with Crippen molar-refractivity contribution in [1.29, 1.82) is 0 Å². The molecule has 1 saturated carbocycles. The monoisotopic (exact) mass is 303 g/mol. The molecule has 3 heteroatoms. The van der Waals surface area contributed by atoms with E-state index in [1.54, 1.807) is 0 Å². The van der Waals surface area contributed by atoms with Crippen molar-refractivity contribution >= 4 is 32.6 Å². The molecule has 0 saturated heterocycles. The molecule has 1 fully saturated rings. The lowest BCUT2D eigenvalue weighted by molar-refractivity contribution is -0.120. The van der Waals surface area contributed by atoms with Crippen LogP contribution >= 0.6 is 15.9 Å². The quantitative estimate of drug-likeness (QED) is 0.738. The van der Waals surface area contributed by atoms with Gasteiger partial charge in [0, 0.05) is 18.2 Å². The molecule has 0 spiro atoms. The van der Waals surface area contributed by atoms with Gasteiger partial charge in [0.25, 0.3) is 0 Å². The number of fused-ring (bicyclic) bond motifs is 1. The molecule has 0 amide bonds. The SMILES string of the molecule is O=C1CCC(c2cc3ccccc3nc2Br)CC1. The van der Waals surface area contributed by atoms with Gasteiger partial charge in [-0.2, -0.15) is 0 Å². The molecule has 1 aromatic carbocycles. The Labute approximate surface area is 115 Å². The minimum atomic E-state index is 0.399. The number of pyridine rings is 1. The Morgan fingerprint density at radius 2 is 1.89 bits per heavy atom. The zero-order valence-corrected chi connectivity index (χ0v) is 11.6. The number of carbonyl (C=O) groups is 1. The largest absolute Gasteiger partial charge is 0.300 e. The van der Waals surface area contributed by atoms with Crippen LogP contribution in [0.5, 0.6) is 0 Å². The Bertz CT molecular complexity index is 598. The molecular weight excluding hydrogens is 290 g/mol. The first-order valence-corrected chi connectivity index (χ1v) is 7.10. The summed E-state index contributed by atoms with van der Waals surface area (Å²) in [6.07, 6.45) is 3.34. The molecule has 3 rings (SSSR count). The van der Waals surface area contributed by atoms with E-state index in [0.717, 1.165) is 23.0 Å². The van der Waals surface area contributed by atoms with Crippen molar-refractivity contribution in [2.45, 2.75) is 31.6 Å². The first-order chi connectivity index (χ1) is 8.74. The second-order valence-electron chi connectivity index (χ2n) is 4.87. The van der Waals surface area contributed by atoms with Crippen LogP contribution in [0.1, 0.15) is 37.2 Å². The van der Waals surface area contributed by atoms with E-state index in [0.29, 0.717) is 24.5 Å². The number of carbonyl (C=O) groups excluding carboxylic acids is 1. The van der Waals surface area contributed by atoms with Gasteiger partial charge in [-0.3, -0.25) is 4.79 Å². The molecule has 1 aliphatic carbocycles. The van der Waals surface area contributed by atoms with E-state index >= 15 is 0 Å². The van der Waals surface area contributed by atoms with E-state index in [2.05, 4.69) is 33.0 Å². The molecule has 1 aliphatic rings. The highest BCUT2D eigenvalue weighted by atomic mass is 79.9. The number of nitrogens with zero attached hydrogens (tertiary/aromatic N) is 1. The van der Waals surface area contributed by atoms with Crippen LogP contribution in [0, 0.1) is 0 Å². The maximum absolute atomic E-state index is 11.3. The average Bonchev–Trinajstić information content (AvgIpc) is 2.39. The van der Waals surface area contributed by atoms with E-state index in [1.807, 2.05) is 18.2 Å². The van der Waals surface area contributed by atoms with Gasteiger partial charge in [0.2, 0.25) is 0 Å². The maximum Gasteiger partial charge on any atom is 0.132 e. The Kier molecular flexibility index (Phi) is 3.16. The van der Waals surface area contributed by atoms with Crippen LogP contribution in [0.2, 0.25) is 0 Å². The fraction of sp³-hybridized carbons (Fsp3) is 0.333. The van der Waals surface area contributed by atoms with Gasteiger partial charge in [-0.25, -0.2) is 4.98 Å². The van der Waals surface area contributed by atoms with Crippen LogP contribution in [-0.4, -0.2) is 10.8 Å². The highest BCUT2D eigenvalue weighted by Crippen LogP contribution is 2.36. The predicted molar refractivity (Wildman–Crippen MR) is 75.7 cm³/mol. The zero-order valence-electron chi connectivity index (χ0n) is 10.0. The summed E-state index contributed by atoms with van der Waals surface area (Å²) in [5.41, 5.74) is 2.27. The number of rotatable bonds is 1. The van der Waals surface area contributed by atoms with Crippen molar-refractivity contribution in [1.82, 2.24) is 4.98 Å².